The molecule has 150 valence electrons. The Morgan fingerprint density at radius 1 is 0.893 bits per heavy atom. The molecule has 0 aliphatic carbocycles. The zero-order valence-electron chi connectivity index (χ0n) is 15.2. The van der Waals surface area contributed by atoms with Gasteiger partial charge in [-0.1, -0.05) is 18.2 Å². The van der Waals surface area contributed by atoms with E-state index in [1.165, 1.54) is 24.3 Å². The second-order valence-corrected chi connectivity index (χ2v) is 7.12. The number of hydrogen-bond donors (Lipinski definition) is 3. The molecule has 2 amide bonds. The molecule has 0 unspecified atom stereocenters. The molecule has 2 rings (SSSR count). The molecule has 2 aromatic carbocycles. The lowest BCUT2D eigenvalue weighted by molar-refractivity contribution is -0.127. The van der Waals surface area contributed by atoms with E-state index in [-0.39, 0.29) is 11.5 Å². The Hall–Kier alpha value is -3.11. The number of carbonyl (C=O) groups is 2. The molecule has 0 atom stereocenters. The number of nitrogens with one attached hydrogen (secondary N) is 3. The van der Waals surface area contributed by atoms with Gasteiger partial charge in [-0.25, -0.2) is 8.42 Å². The number of sulfonamides is 1. The van der Waals surface area contributed by atoms with Crippen molar-refractivity contribution in [2.75, 3.05) is 19.8 Å². The van der Waals surface area contributed by atoms with Crippen molar-refractivity contribution in [3.63, 3.8) is 0 Å². The van der Waals surface area contributed by atoms with Gasteiger partial charge in [0, 0.05) is 0 Å². The standard InChI is InChI=1S/C18H21N3O6S/c1-2-26-15-8-10-16(11-9-15)28(24,25)21-20-17(22)12-19-18(23)13-27-14-6-4-3-5-7-14/h3-11,21H,2,12-13H2,1H3,(H,19,23)(H,20,22). The summed E-state index contributed by atoms with van der Waals surface area (Å²) in [5.41, 5.74) is 2.03. The number of hydrogen-bond acceptors (Lipinski definition) is 6. The molecule has 9 nitrogen and oxygen atoms in total. The number of carbonyl (C=O) groups excluding carboxylic acids is 2. The minimum atomic E-state index is -3.95. The van der Waals surface area contributed by atoms with Gasteiger partial charge in [0.05, 0.1) is 18.0 Å². The van der Waals surface area contributed by atoms with Gasteiger partial charge in [-0.2, -0.15) is 0 Å². The Morgan fingerprint density at radius 3 is 2.18 bits per heavy atom. The lowest BCUT2D eigenvalue weighted by Crippen LogP contribution is -2.46. The molecule has 28 heavy (non-hydrogen) atoms. The summed E-state index contributed by atoms with van der Waals surface area (Å²) in [4.78, 5) is 25.3. The maximum atomic E-state index is 12.1. The summed E-state index contributed by atoms with van der Waals surface area (Å²) in [6, 6.07) is 14.4. The molecule has 0 bridgehead atoms. The van der Waals surface area contributed by atoms with Crippen molar-refractivity contribution in [3.05, 3.63) is 54.6 Å². The monoisotopic (exact) mass is 407 g/mol. The summed E-state index contributed by atoms with van der Waals surface area (Å²) in [6.45, 7) is 1.59. The predicted octanol–water partition coefficient (Wildman–Crippen LogP) is 0.590. The molecule has 0 spiro atoms. The molecule has 10 heteroatoms. The Kier molecular flexibility index (Phi) is 7.78. The number of hydrazine groups is 1. The largest absolute Gasteiger partial charge is 0.494 e. The van der Waals surface area contributed by atoms with E-state index in [1.807, 2.05) is 23.2 Å². The van der Waals surface area contributed by atoms with E-state index in [2.05, 4.69) is 5.32 Å². The summed E-state index contributed by atoms with van der Waals surface area (Å²) < 4.78 is 34.7. The van der Waals surface area contributed by atoms with Gasteiger partial charge in [0.25, 0.3) is 21.8 Å². The topological polar surface area (TPSA) is 123 Å². The van der Waals surface area contributed by atoms with Gasteiger partial charge in [0.2, 0.25) is 0 Å². The van der Waals surface area contributed by atoms with Crippen LogP contribution < -0.4 is 25.0 Å². The first kappa shape index (κ1) is 21.2. The minimum absolute atomic E-state index is 0.0449. The molecule has 0 aliphatic heterocycles. The van der Waals surface area contributed by atoms with E-state index >= 15 is 0 Å². The zero-order chi connectivity index (χ0) is 20.4. The second kappa shape index (κ2) is 10.3. The highest BCUT2D eigenvalue weighted by Crippen LogP contribution is 2.15. The number of ether oxygens (including phenoxy) is 2. The first-order valence-corrected chi connectivity index (χ1v) is 9.87. The van der Waals surface area contributed by atoms with E-state index in [9.17, 15) is 18.0 Å². The summed E-state index contributed by atoms with van der Waals surface area (Å²) in [5, 5.41) is 2.32. The normalized spacial score (nSPS) is 10.8. The van der Waals surface area contributed by atoms with Gasteiger partial charge in [-0.15, -0.1) is 4.83 Å². The highest BCUT2D eigenvalue weighted by atomic mass is 32.2. The van der Waals surface area contributed by atoms with Crippen molar-refractivity contribution in [2.24, 2.45) is 0 Å². The van der Waals surface area contributed by atoms with Crippen molar-refractivity contribution < 1.29 is 27.5 Å². The minimum Gasteiger partial charge on any atom is -0.494 e. The number of para-hydroxylation sites is 1. The van der Waals surface area contributed by atoms with E-state index < -0.39 is 28.4 Å². The SMILES string of the molecule is CCOc1ccc(S(=O)(=O)NNC(=O)CNC(=O)COc2ccccc2)cc1. The molecule has 0 radical (unpaired) electrons. The molecule has 2 aromatic rings. The van der Waals surface area contributed by atoms with Crippen molar-refractivity contribution in [1.29, 1.82) is 0 Å². The van der Waals surface area contributed by atoms with Crippen LogP contribution in [0.25, 0.3) is 0 Å². The van der Waals surface area contributed by atoms with Crippen molar-refractivity contribution in [2.45, 2.75) is 11.8 Å². The summed E-state index contributed by atoms with van der Waals surface area (Å²) in [6.07, 6.45) is 0. The number of amides is 2. The fourth-order valence-corrected chi connectivity index (χ4v) is 2.86. The Labute approximate surface area is 163 Å². The lowest BCUT2D eigenvalue weighted by atomic mass is 10.3. The van der Waals surface area contributed by atoms with Crippen LogP contribution in [0.15, 0.2) is 59.5 Å². The maximum Gasteiger partial charge on any atom is 0.258 e. The Bertz CT molecular complexity index is 885. The molecular formula is C18H21N3O6S. The Balaban J connectivity index is 1.74. The van der Waals surface area contributed by atoms with Crippen LogP contribution in [0.4, 0.5) is 0 Å². The molecule has 0 saturated heterocycles. The third-order valence-corrected chi connectivity index (χ3v) is 4.59. The first-order chi connectivity index (χ1) is 13.4. The molecule has 0 heterocycles. The van der Waals surface area contributed by atoms with Crippen molar-refractivity contribution >= 4 is 21.8 Å². The maximum absolute atomic E-state index is 12.1. The van der Waals surface area contributed by atoms with Gasteiger partial charge >= 0.3 is 0 Å². The van der Waals surface area contributed by atoms with E-state index in [1.54, 1.807) is 24.3 Å². The molecule has 0 saturated carbocycles. The third-order valence-electron chi connectivity index (χ3n) is 3.33. The third kappa shape index (κ3) is 6.89. The Morgan fingerprint density at radius 2 is 1.54 bits per heavy atom. The van der Waals surface area contributed by atoms with Gasteiger partial charge in [0.1, 0.15) is 11.5 Å². The van der Waals surface area contributed by atoms with Crippen LogP contribution in [0.5, 0.6) is 11.5 Å². The molecule has 0 aromatic heterocycles. The van der Waals surface area contributed by atoms with Gasteiger partial charge in [0.15, 0.2) is 6.61 Å². The fourth-order valence-electron chi connectivity index (χ4n) is 2.00. The number of benzene rings is 2. The van der Waals surface area contributed by atoms with Crippen LogP contribution in [0.2, 0.25) is 0 Å². The van der Waals surface area contributed by atoms with E-state index in [4.69, 9.17) is 9.47 Å². The number of rotatable bonds is 10. The average molecular weight is 407 g/mol. The molecule has 0 fully saturated rings. The van der Waals surface area contributed by atoms with Crippen molar-refractivity contribution in [3.8, 4) is 11.5 Å². The molecular weight excluding hydrogens is 386 g/mol. The fraction of sp³-hybridized carbons (Fsp3) is 0.222. The highest BCUT2D eigenvalue weighted by Gasteiger charge is 2.15. The second-order valence-electron chi connectivity index (χ2n) is 5.44. The van der Waals surface area contributed by atoms with Crippen LogP contribution in [0, 0.1) is 0 Å². The van der Waals surface area contributed by atoms with E-state index in [0.717, 1.165) is 0 Å². The highest BCUT2D eigenvalue weighted by molar-refractivity contribution is 7.89. The van der Waals surface area contributed by atoms with Crippen LogP contribution in [-0.4, -0.2) is 40.0 Å². The zero-order valence-corrected chi connectivity index (χ0v) is 16.0. The van der Waals surface area contributed by atoms with Gasteiger partial charge in [-0.3, -0.25) is 15.0 Å². The quantitative estimate of drug-likeness (QED) is 0.496. The summed E-state index contributed by atoms with van der Waals surface area (Å²) >= 11 is 0. The first-order valence-electron chi connectivity index (χ1n) is 8.39. The molecule has 3 N–H and O–H groups in total. The van der Waals surface area contributed by atoms with E-state index in [0.29, 0.717) is 18.1 Å². The molecule has 0 aliphatic rings. The summed E-state index contributed by atoms with van der Waals surface area (Å²) in [7, 11) is -3.95. The average Bonchev–Trinajstić information content (AvgIpc) is 2.70. The van der Waals surface area contributed by atoms with Crippen LogP contribution in [0.1, 0.15) is 6.92 Å². The predicted molar refractivity (Wildman–Crippen MR) is 101 cm³/mol. The van der Waals surface area contributed by atoms with Crippen LogP contribution in [0.3, 0.4) is 0 Å². The van der Waals surface area contributed by atoms with Crippen LogP contribution in [-0.2, 0) is 19.6 Å². The van der Waals surface area contributed by atoms with Gasteiger partial charge < -0.3 is 14.8 Å². The smallest absolute Gasteiger partial charge is 0.258 e. The summed E-state index contributed by atoms with van der Waals surface area (Å²) in [5.74, 6) is -0.202. The van der Waals surface area contributed by atoms with Crippen molar-refractivity contribution in [1.82, 2.24) is 15.6 Å². The van der Waals surface area contributed by atoms with Crippen LogP contribution >= 0.6 is 0 Å². The lowest BCUT2D eigenvalue weighted by Gasteiger charge is -2.10. The van der Waals surface area contributed by atoms with Gasteiger partial charge in [-0.05, 0) is 43.3 Å².